The minimum absolute atomic E-state index is 0.200. The number of aliphatic hydroxyl groups excluding tert-OH is 2. The van der Waals surface area contributed by atoms with Crippen LogP contribution in [0.4, 0.5) is 0 Å². The van der Waals surface area contributed by atoms with Gasteiger partial charge in [-0.15, -0.1) is 0 Å². The number of methoxy groups -OCH3 is 1. The van der Waals surface area contributed by atoms with Gasteiger partial charge in [0.2, 0.25) is 5.76 Å². The third kappa shape index (κ3) is 1.78. The number of aliphatic hydroxyl groups is 2. The lowest BCUT2D eigenvalue weighted by atomic mass is 10.2. The highest BCUT2D eigenvalue weighted by molar-refractivity contribution is 9.09. The van der Waals surface area contributed by atoms with Crippen LogP contribution in [-0.4, -0.2) is 40.8 Å². The Morgan fingerprint density at radius 2 is 2.38 bits per heavy atom. The minimum atomic E-state index is -1.03. The zero-order valence-electron chi connectivity index (χ0n) is 6.86. The average Bonchev–Trinajstić information content (AvgIpc) is 2.40. The molecule has 6 heteroatoms. The second kappa shape index (κ2) is 3.97. The number of carbonyl (C=O) groups excluding carboxylic acids is 1. The number of esters is 1. The van der Waals surface area contributed by atoms with Crippen molar-refractivity contribution in [1.82, 2.24) is 0 Å². The first-order valence-corrected chi connectivity index (χ1v) is 4.66. The fourth-order valence-corrected chi connectivity index (χ4v) is 1.33. The van der Waals surface area contributed by atoms with Crippen LogP contribution in [0.3, 0.4) is 0 Å². The van der Waals surface area contributed by atoms with Crippen LogP contribution in [0.2, 0.25) is 0 Å². The molecule has 0 bridgehead atoms. The van der Waals surface area contributed by atoms with Crippen LogP contribution in [-0.2, 0) is 14.3 Å². The molecule has 13 heavy (non-hydrogen) atoms. The standard InChI is InChI=1S/C7H9BrO5/c1-12-6-4(10)5(3(9)2-8)13-7(6)11/h3,5,9-10H,2H2,1H3/t3-,5+/m0/s1. The third-order valence-corrected chi connectivity index (χ3v) is 2.30. The number of ether oxygens (including phenoxy) is 2. The molecule has 1 aliphatic heterocycles. The van der Waals surface area contributed by atoms with Gasteiger partial charge < -0.3 is 19.7 Å². The molecule has 0 amide bonds. The van der Waals surface area contributed by atoms with Crippen LogP contribution in [0.15, 0.2) is 11.5 Å². The van der Waals surface area contributed by atoms with E-state index in [-0.39, 0.29) is 16.8 Å². The minimum Gasteiger partial charge on any atom is -0.505 e. The molecule has 0 radical (unpaired) electrons. The maximum Gasteiger partial charge on any atom is 0.378 e. The largest absolute Gasteiger partial charge is 0.505 e. The second-order valence-electron chi connectivity index (χ2n) is 2.47. The lowest BCUT2D eigenvalue weighted by molar-refractivity contribution is -0.146. The molecule has 2 N–H and O–H groups in total. The van der Waals surface area contributed by atoms with Gasteiger partial charge in [0.05, 0.1) is 7.11 Å². The van der Waals surface area contributed by atoms with Gasteiger partial charge in [-0.1, -0.05) is 15.9 Å². The Kier molecular flexibility index (Phi) is 3.16. The van der Waals surface area contributed by atoms with E-state index >= 15 is 0 Å². The van der Waals surface area contributed by atoms with Crippen molar-refractivity contribution < 1.29 is 24.5 Å². The van der Waals surface area contributed by atoms with Gasteiger partial charge >= 0.3 is 5.97 Å². The van der Waals surface area contributed by atoms with E-state index in [9.17, 15) is 15.0 Å². The van der Waals surface area contributed by atoms with Crippen molar-refractivity contribution in [2.24, 2.45) is 0 Å². The number of halogens is 1. The van der Waals surface area contributed by atoms with E-state index in [0.717, 1.165) is 0 Å². The Morgan fingerprint density at radius 3 is 2.77 bits per heavy atom. The molecule has 0 aromatic rings. The maximum absolute atomic E-state index is 11.0. The van der Waals surface area contributed by atoms with E-state index < -0.39 is 18.2 Å². The average molecular weight is 253 g/mol. The summed E-state index contributed by atoms with van der Waals surface area (Å²) in [5.41, 5.74) is 0. The molecule has 5 nitrogen and oxygen atoms in total. The van der Waals surface area contributed by atoms with Crippen molar-refractivity contribution in [2.75, 3.05) is 12.4 Å². The number of alkyl halides is 1. The summed E-state index contributed by atoms with van der Waals surface area (Å²) in [7, 11) is 1.25. The predicted octanol–water partition coefficient (Wildman–Crippen LogP) is 0.0836. The van der Waals surface area contributed by atoms with E-state index in [4.69, 9.17) is 0 Å². The topological polar surface area (TPSA) is 76.0 Å². The van der Waals surface area contributed by atoms with Crippen LogP contribution >= 0.6 is 15.9 Å². The molecule has 2 atom stereocenters. The summed E-state index contributed by atoms with van der Waals surface area (Å²) in [6.07, 6.45) is -2.00. The van der Waals surface area contributed by atoms with Gasteiger partial charge in [-0.3, -0.25) is 0 Å². The molecule has 1 rings (SSSR count). The lowest BCUT2D eigenvalue weighted by Crippen LogP contribution is -2.29. The summed E-state index contributed by atoms with van der Waals surface area (Å²) in [4.78, 5) is 11.0. The maximum atomic E-state index is 11.0. The van der Waals surface area contributed by atoms with Crippen molar-refractivity contribution in [1.29, 1.82) is 0 Å². The van der Waals surface area contributed by atoms with Crippen molar-refractivity contribution in [2.45, 2.75) is 12.2 Å². The van der Waals surface area contributed by atoms with Crippen LogP contribution in [0, 0.1) is 0 Å². The summed E-state index contributed by atoms with van der Waals surface area (Å²) in [5.74, 6) is -1.37. The van der Waals surface area contributed by atoms with Crippen molar-refractivity contribution in [3.8, 4) is 0 Å². The quantitative estimate of drug-likeness (QED) is 0.550. The van der Waals surface area contributed by atoms with E-state index in [1.807, 2.05) is 0 Å². The van der Waals surface area contributed by atoms with E-state index in [0.29, 0.717) is 0 Å². The summed E-state index contributed by atoms with van der Waals surface area (Å²) in [5, 5.41) is 18.8. The van der Waals surface area contributed by atoms with Gasteiger partial charge in [0.15, 0.2) is 11.9 Å². The normalized spacial score (nSPS) is 24.5. The van der Waals surface area contributed by atoms with Gasteiger partial charge in [-0.05, 0) is 0 Å². The highest BCUT2D eigenvalue weighted by Gasteiger charge is 2.39. The smallest absolute Gasteiger partial charge is 0.378 e. The molecule has 1 aliphatic rings. The highest BCUT2D eigenvalue weighted by atomic mass is 79.9. The fourth-order valence-electron chi connectivity index (χ4n) is 0.988. The molecule has 0 aromatic heterocycles. The van der Waals surface area contributed by atoms with Crippen molar-refractivity contribution >= 4 is 21.9 Å². The molecule has 74 valence electrons. The molecular weight excluding hydrogens is 244 g/mol. The first kappa shape index (κ1) is 10.3. The molecular formula is C7H9BrO5. The SMILES string of the molecule is COC1=C(O)[C@@H]([C@@H](O)CBr)OC1=O. The van der Waals surface area contributed by atoms with E-state index in [1.54, 1.807) is 0 Å². The van der Waals surface area contributed by atoms with Gasteiger partial charge in [0.1, 0.15) is 6.10 Å². The number of cyclic esters (lactones) is 1. The first-order chi connectivity index (χ1) is 6.11. The molecule has 0 fully saturated rings. The van der Waals surface area contributed by atoms with Crippen LogP contribution in [0.5, 0.6) is 0 Å². The Bertz CT molecular complexity index is 249. The highest BCUT2D eigenvalue weighted by Crippen LogP contribution is 2.23. The molecule has 0 unspecified atom stereocenters. The van der Waals surface area contributed by atoms with E-state index in [2.05, 4.69) is 25.4 Å². The van der Waals surface area contributed by atoms with Gasteiger partial charge in [-0.2, -0.15) is 0 Å². The zero-order chi connectivity index (χ0) is 10.0. The lowest BCUT2D eigenvalue weighted by Gasteiger charge is -2.13. The summed E-state index contributed by atoms with van der Waals surface area (Å²) >= 11 is 3.00. The summed E-state index contributed by atoms with van der Waals surface area (Å²) < 4.78 is 9.25. The van der Waals surface area contributed by atoms with Crippen LogP contribution in [0.1, 0.15) is 0 Å². The number of carbonyl (C=O) groups is 1. The molecule has 0 saturated heterocycles. The number of rotatable bonds is 3. The fraction of sp³-hybridized carbons (Fsp3) is 0.571. The molecule has 0 aromatic carbocycles. The summed E-state index contributed by atoms with van der Waals surface area (Å²) in [6.45, 7) is 0. The number of hydrogen-bond acceptors (Lipinski definition) is 5. The first-order valence-electron chi connectivity index (χ1n) is 3.54. The third-order valence-electron chi connectivity index (χ3n) is 1.63. The van der Waals surface area contributed by atoms with E-state index in [1.165, 1.54) is 7.11 Å². The Morgan fingerprint density at radius 1 is 1.77 bits per heavy atom. The molecule has 0 spiro atoms. The molecule has 0 saturated carbocycles. The van der Waals surface area contributed by atoms with Crippen molar-refractivity contribution in [3.63, 3.8) is 0 Å². The monoisotopic (exact) mass is 252 g/mol. The second-order valence-corrected chi connectivity index (χ2v) is 3.11. The van der Waals surface area contributed by atoms with Gasteiger partial charge in [0, 0.05) is 5.33 Å². The van der Waals surface area contributed by atoms with Crippen LogP contribution < -0.4 is 0 Å². The van der Waals surface area contributed by atoms with Crippen LogP contribution in [0.25, 0.3) is 0 Å². The van der Waals surface area contributed by atoms with Gasteiger partial charge in [0.25, 0.3) is 0 Å². The molecule has 0 aliphatic carbocycles. The predicted molar refractivity (Wildman–Crippen MR) is 46.3 cm³/mol. The van der Waals surface area contributed by atoms with Gasteiger partial charge in [-0.25, -0.2) is 4.79 Å². The summed E-state index contributed by atoms with van der Waals surface area (Å²) in [6, 6.07) is 0. The van der Waals surface area contributed by atoms with Crippen molar-refractivity contribution in [3.05, 3.63) is 11.5 Å². The molecule has 1 heterocycles. The zero-order valence-corrected chi connectivity index (χ0v) is 8.44. The Balaban J connectivity index is 2.84. The Labute approximate surface area is 83.1 Å². The Hall–Kier alpha value is -0.750. The number of hydrogen-bond donors (Lipinski definition) is 2.